The van der Waals surface area contributed by atoms with E-state index in [1.165, 1.54) is 31.7 Å². The Hall–Kier alpha value is -3.19. The zero-order chi connectivity index (χ0) is 19.4. The van der Waals surface area contributed by atoms with E-state index in [1.807, 2.05) is 0 Å². The first-order valence-electron chi connectivity index (χ1n) is 8.22. The molecule has 0 fully saturated rings. The lowest BCUT2D eigenvalue weighted by Gasteiger charge is -2.17. The maximum atomic E-state index is 14.4. The summed E-state index contributed by atoms with van der Waals surface area (Å²) in [5.41, 5.74) is 1.99. The zero-order valence-corrected chi connectivity index (χ0v) is 14.6. The number of rotatable bonds is 7. The summed E-state index contributed by atoms with van der Waals surface area (Å²) in [4.78, 5) is 15.3. The fourth-order valence-corrected chi connectivity index (χ4v) is 3.09. The number of aromatic nitrogens is 1. The number of halogens is 1. The molecule has 2 N–H and O–H groups in total. The van der Waals surface area contributed by atoms with Gasteiger partial charge in [-0.2, -0.15) is 0 Å². The quantitative estimate of drug-likeness (QED) is 0.659. The Bertz CT molecular complexity index is 917. The standard InChI is InChI=1S/C20H18FNO5/c1-26-17-4-2-3-12(11-23)19(17)14-7-13(8-15(21)9-14)16(10-18(24)25)20-22-5-6-27-20/h2-9,16,23H,10-11H2,1H3,(H,24,25). The Balaban J connectivity index is 2.16. The van der Waals surface area contributed by atoms with Gasteiger partial charge >= 0.3 is 5.97 Å². The molecule has 0 amide bonds. The van der Waals surface area contributed by atoms with E-state index in [0.29, 0.717) is 28.0 Å². The van der Waals surface area contributed by atoms with Crippen LogP contribution in [0.4, 0.5) is 4.39 Å². The van der Waals surface area contributed by atoms with Crippen LogP contribution in [0.1, 0.15) is 29.4 Å². The van der Waals surface area contributed by atoms with Gasteiger partial charge < -0.3 is 19.4 Å². The third-order valence-electron chi connectivity index (χ3n) is 4.24. The first-order valence-corrected chi connectivity index (χ1v) is 8.22. The molecule has 0 aliphatic carbocycles. The van der Waals surface area contributed by atoms with Crippen LogP contribution in [-0.2, 0) is 11.4 Å². The maximum absolute atomic E-state index is 14.4. The van der Waals surface area contributed by atoms with Crippen LogP contribution in [0.25, 0.3) is 11.1 Å². The average molecular weight is 371 g/mol. The monoisotopic (exact) mass is 371 g/mol. The molecule has 0 bridgehead atoms. The van der Waals surface area contributed by atoms with Crippen LogP contribution in [0.15, 0.2) is 53.3 Å². The highest BCUT2D eigenvalue weighted by Crippen LogP contribution is 2.37. The maximum Gasteiger partial charge on any atom is 0.304 e. The average Bonchev–Trinajstić information content (AvgIpc) is 3.19. The van der Waals surface area contributed by atoms with E-state index < -0.39 is 17.7 Å². The first-order chi connectivity index (χ1) is 13.0. The molecule has 0 spiro atoms. The topological polar surface area (TPSA) is 92.8 Å². The van der Waals surface area contributed by atoms with Crippen molar-refractivity contribution in [3.05, 3.63) is 71.7 Å². The third kappa shape index (κ3) is 3.98. The first kappa shape index (κ1) is 18.6. The summed E-state index contributed by atoms with van der Waals surface area (Å²) in [6.45, 7) is -0.253. The number of carboxylic acid groups (broad SMARTS) is 1. The minimum atomic E-state index is -1.06. The summed E-state index contributed by atoms with van der Waals surface area (Å²) >= 11 is 0. The van der Waals surface area contributed by atoms with Crippen molar-refractivity contribution in [2.45, 2.75) is 18.9 Å². The summed E-state index contributed by atoms with van der Waals surface area (Å²) in [7, 11) is 1.49. The molecule has 3 rings (SSSR count). The van der Waals surface area contributed by atoms with Crippen molar-refractivity contribution >= 4 is 5.97 Å². The van der Waals surface area contributed by atoms with E-state index in [4.69, 9.17) is 9.15 Å². The molecule has 0 aliphatic heterocycles. The minimum absolute atomic E-state index is 0.191. The van der Waals surface area contributed by atoms with E-state index in [0.717, 1.165) is 0 Å². The fourth-order valence-electron chi connectivity index (χ4n) is 3.09. The molecule has 1 unspecified atom stereocenters. The van der Waals surface area contributed by atoms with Gasteiger partial charge in [0.15, 0.2) is 0 Å². The van der Waals surface area contributed by atoms with Gasteiger partial charge in [0.25, 0.3) is 0 Å². The number of ether oxygens (including phenoxy) is 1. The molecule has 0 saturated heterocycles. The molecule has 2 aromatic carbocycles. The number of oxazole rings is 1. The SMILES string of the molecule is COc1cccc(CO)c1-c1cc(F)cc(C(CC(=O)O)c2ncco2)c1. The summed E-state index contributed by atoms with van der Waals surface area (Å²) in [5.74, 6) is -1.68. The molecule has 140 valence electrons. The Kier molecular flexibility index (Phi) is 5.52. The predicted octanol–water partition coefficient (Wildman–Crippen LogP) is 3.59. The van der Waals surface area contributed by atoms with E-state index in [-0.39, 0.29) is 18.9 Å². The van der Waals surface area contributed by atoms with Gasteiger partial charge in [-0.15, -0.1) is 0 Å². The van der Waals surface area contributed by atoms with E-state index in [9.17, 15) is 19.4 Å². The van der Waals surface area contributed by atoms with Gasteiger partial charge in [0, 0.05) is 5.56 Å². The number of hydrogen-bond donors (Lipinski definition) is 2. The van der Waals surface area contributed by atoms with Gasteiger partial charge in [-0.05, 0) is 41.0 Å². The second-order valence-electron chi connectivity index (χ2n) is 5.95. The largest absolute Gasteiger partial charge is 0.496 e. The summed E-state index contributed by atoms with van der Waals surface area (Å²) in [6.07, 6.45) is 2.45. The van der Waals surface area contributed by atoms with Gasteiger partial charge in [0.1, 0.15) is 17.8 Å². The molecule has 0 radical (unpaired) electrons. The van der Waals surface area contributed by atoms with Gasteiger partial charge in [-0.25, -0.2) is 9.37 Å². The van der Waals surface area contributed by atoms with E-state index in [1.54, 1.807) is 24.3 Å². The molecule has 0 saturated carbocycles. The number of hydrogen-bond acceptors (Lipinski definition) is 5. The van der Waals surface area contributed by atoms with Crippen LogP contribution in [0.3, 0.4) is 0 Å². The summed E-state index contributed by atoms with van der Waals surface area (Å²) in [5, 5.41) is 18.9. The number of aliphatic carboxylic acids is 1. The number of benzene rings is 2. The Morgan fingerprint density at radius 2 is 2.15 bits per heavy atom. The molecule has 6 nitrogen and oxygen atoms in total. The molecule has 0 aliphatic rings. The number of aliphatic hydroxyl groups is 1. The van der Waals surface area contributed by atoms with Crippen LogP contribution in [0, 0.1) is 5.82 Å². The van der Waals surface area contributed by atoms with Crippen molar-refractivity contribution in [3.8, 4) is 16.9 Å². The van der Waals surface area contributed by atoms with Crippen LogP contribution in [0.2, 0.25) is 0 Å². The highest BCUT2D eigenvalue weighted by molar-refractivity contribution is 5.75. The number of carbonyl (C=O) groups is 1. The highest BCUT2D eigenvalue weighted by atomic mass is 19.1. The van der Waals surface area contributed by atoms with Crippen molar-refractivity contribution in [3.63, 3.8) is 0 Å². The van der Waals surface area contributed by atoms with Gasteiger partial charge in [0.05, 0.1) is 32.3 Å². The lowest BCUT2D eigenvalue weighted by molar-refractivity contribution is -0.137. The molecule has 1 heterocycles. The van der Waals surface area contributed by atoms with Crippen molar-refractivity contribution < 1.29 is 28.6 Å². The number of carboxylic acids is 1. The highest BCUT2D eigenvalue weighted by Gasteiger charge is 2.24. The van der Waals surface area contributed by atoms with Crippen LogP contribution in [-0.4, -0.2) is 28.3 Å². The Morgan fingerprint density at radius 1 is 1.33 bits per heavy atom. The second kappa shape index (κ2) is 8.01. The summed E-state index contributed by atoms with van der Waals surface area (Å²) in [6, 6.07) is 9.39. The molecular weight excluding hydrogens is 353 g/mol. The van der Waals surface area contributed by atoms with Crippen LogP contribution in [0.5, 0.6) is 5.75 Å². The second-order valence-corrected chi connectivity index (χ2v) is 5.95. The Labute approximate surface area is 154 Å². The van der Waals surface area contributed by atoms with E-state index >= 15 is 0 Å². The van der Waals surface area contributed by atoms with Gasteiger partial charge in [-0.3, -0.25) is 4.79 Å². The molecular formula is C20H18FNO5. The lowest BCUT2D eigenvalue weighted by Crippen LogP contribution is -2.09. The van der Waals surface area contributed by atoms with Crippen LogP contribution < -0.4 is 4.74 Å². The van der Waals surface area contributed by atoms with E-state index in [2.05, 4.69) is 4.98 Å². The number of nitrogens with zero attached hydrogens (tertiary/aromatic N) is 1. The number of aliphatic hydroxyl groups excluding tert-OH is 1. The molecule has 3 aromatic rings. The number of methoxy groups -OCH3 is 1. The molecule has 7 heteroatoms. The normalized spacial score (nSPS) is 12.0. The lowest BCUT2D eigenvalue weighted by atomic mass is 9.90. The predicted molar refractivity (Wildman–Crippen MR) is 94.9 cm³/mol. The third-order valence-corrected chi connectivity index (χ3v) is 4.24. The zero-order valence-electron chi connectivity index (χ0n) is 14.6. The summed E-state index contributed by atoms with van der Waals surface area (Å²) < 4.78 is 25.0. The fraction of sp³-hybridized carbons (Fsp3) is 0.200. The minimum Gasteiger partial charge on any atom is -0.496 e. The van der Waals surface area contributed by atoms with Gasteiger partial charge in [0.2, 0.25) is 5.89 Å². The van der Waals surface area contributed by atoms with Crippen molar-refractivity contribution in [2.24, 2.45) is 0 Å². The van der Waals surface area contributed by atoms with Gasteiger partial charge in [-0.1, -0.05) is 12.1 Å². The smallest absolute Gasteiger partial charge is 0.304 e. The molecule has 1 atom stereocenters. The molecule has 27 heavy (non-hydrogen) atoms. The van der Waals surface area contributed by atoms with Crippen molar-refractivity contribution in [1.82, 2.24) is 4.98 Å². The van der Waals surface area contributed by atoms with Crippen molar-refractivity contribution in [2.75, 3.05) is 7.11 Å². The van der Waals surface area contributed by atoms with Crippen molar-refractivity contribution in [1.29, 1.82) is 0 Å². The van der Waals surface area contributed by atoms with Crippen LogP contribution >= 0.6 is 0 Å². The molecule has 1 aromatic heterocycles. The Morgan fingerprint density at radius 3 is 2.78 bits per heavy atom.